The van der Waals surface area contributed by atoms with Crippen LogP contribution in [0.2, 0.25) is 0 Å². The van der Waals surface area contributed by atoms with Gasteiger partial charge in [-0.05, 0) is 12.1 Å². The summed E-state index contributed by atoms with van der Waals surface area (Å²) >= 11 is 1.23. The Morgan fingerprint density at radius 2 is 2.26 bits per heavy atom. The van der Waals surface area contributed by atoms with Gasteiger partial charge in [-0.2, -0.15) is 0 Å². The molecule has 1 amide bonds. The first kappa shape index (κ1) is 13.5. The van der Waals surface area contributed by atoms with Gasteiger partial charge in [-0.1, -0.05) is 11.8 Å². The number of hydrogen-bond donors (Lipinski definition) is 1. The van der Waals surface area contributed by atoms with Gasteiger partial charge >= 0.3 is 0 Å². The summed E-state index contributed by atoms with van der Waals surface area (Å²) in [7, 11) is 1.81. The molecule has 19 heavy (non-hydrogen) atoms. The van der Waals surface area contributed by atoms with Crippen molar-refractivity contribution in [1.82, 2.24) is 9.55 Å². The first-order valence-corrected chi connectivity index (χ1v) is 6.40. The van der Waals surface area contributed by atoms with Gasteiger partial charge in [0.05, 0.1) is 11.4 Å². The fourth-order valence-electron chi connectivity index (χ4n) is 1.40. The van der Waals surface area contributed by atoms with Gasteiger partial charge in [0, 0.05) is 25.5 Å². The van der Waals surface area contributed by atoms with Crippen molar-refractivity contribution in [2.75, 3.05) is 11.1 Å². The van der Waals surface area contributed by atoms with Crippen molar-refractivity contribution in [3.63, 3.8) is 0 Å². The van der Waals surface area contributed by atoms with E-state index in [1.54, 1.807) is 17.0 Å². The van der Waals surface area contributed by atoms with Crippen LogP contribution in [0.3, 0.4) is 0 Å². The van der Waals surface area contributed by atoms with Crippen LogP contribution in [-0.4, -0.2) is 21.2 Å². The molecule has 1 aromatic carbocycles. The molecule has 1 heterocycles. The third-order valence-corrected chi connectivity index (χ3v) is 3.37. The van der Waals surface area contributed by atoms with Crippen LogP contribution in [0.1, 0.15) is 0 Å². The fraction of sp³-hybridized carbons (Fsp3) is 0.167. The number of hydrogen-bond acceptors (Lipinski definition) is 3. The van der Waals surface area contributed by atoms with Crippen LogP contribution in [0, 0.1) is 11.6 Å². The summed E-state index contributed by atoms with van der Waals surface area (Å²) in [6.07, 6.45) is 3.39. The van der Waals surface area contributed by atoms with Crippen molar-refractivity contribution in [3.05, 3.63) is 42.2 Å². The molecule has 1 aromatic heterocycles. The SMILES string of the molecule is Cn1ccnc1SCC(=O)Nc1ccc(F)cc1F. The summed E-state index contributed by atoms with van der Waals surface area (Å²) in [5, 5.41) is 3.07. The molecule has 4 nitrogen and oxygen atoms in total. The van der Waals surface area contributed by atoms with Crippen LogP contribution < -0.4 is 5.32 Å². The number of nitrogens with zero attached hydrogens (tertiary/aromatic N) is 2. The second-order valence-electron chi connectivity index (χ2n) is 3.78. The normalized spacial score (nSPS) is 10.5. The molecule has 0 saturated heterocycles. The number of nitrogens with one attached hydrogen (secondary N) is 1. The molecule has 2 rings (SSSR count). The third kappa shape index (κ3) is 3.54. The maximum absolute atomic E-state index is 13.3. The lowest BCUT2D eigenvalue weighted by Crippen LogP contribution is -2.15. The fourth-order valence-corrected chi connectivity index (χ4v) is 2.13. The summed E-state index contributed by atoms with van der Waals surface area (Å²) in [6, 6.07) is 3.00. The van der Waals surface area contributed by atoms with Crippen molar-refractivity contribution in [2.45, 2.75) is 5.16 Å². The average Bonchev–Trinajstić information content (AvgIpc) is 2.76. The van der Waals surface area contributed by atoms with E-state index in [0.717, 1.165) is 12.1 Å². The van der Waals surface area contributed by atoms with Crippen LogP contribution in [0.5, 0.6) is 0 Å². The van der Waals surface area contributed by atoms with Crippen LogP contribution in [0.4, 0.5) is 14.5 Å². The standard InChI is InChI=1S/C12H11F2N3OS/c1-17-5-4-15-12(17)19-7-11(18)16-10-3-2-8(13)6-9(10)14/h2-6H,7H2,1H3,(H,16,18). The van der Waals surface area contributed by atoms with Gasteiger partial charge in [0.2, 0.25) is 5.91 Å². The smallest absolute Gasteiger partial charge is 0.234 e. The van der Waals surface area contributed by atoms with E-state index in [1.807, 2.05) is 7.05 Å². The number of aromatic nitrogens is 2. The molecular formula is C12H11F2N3OS. The van der Waals surface area contributed by atoms with Crippen molar-refractivity contribution >= 4 is 23.4 Å². The van der Waals surface area contributed by atoms with E-state index in [2.05, 4.69) is 10.3 Å². The van der Waals surface area contributed by atoms with E-state index in [0.29, 0.717) is 5.16 Å². The number of aryl methyl sites for hydroxylation is 1. The number of carbonyl (C=O) groups excluding carboxylic acids is 1. The molecule has 0 aliphatic heterocycles. The summed E-state index contributed by atoms with van der Waals surface area (Å²) in [5.74, 6) is -1.76. The number of amides is 1. The Morgan fingerprint density at radius 1 is 1.47 bits per heavy atom. The summed E-state index contributed by atoms with van der Waals surface area (Å²) in [6.45, 7) is 0. The largest absolute Gasteiger partial charge is 0.329 e. The van der Waals surface area contributed by atoms with E-state index in [-0.39, 0.29) is 17.3 Å². The Kier molecular flexibility index (Phi) is 4.16. The Morgan fingerprint density at radius 3 is 2.89 bits per heavy atom. The van der Waals surface area contributed by atoms with Crippen molar-refractivity contribution in [2.24, 2.45) is 7.05 Å². The molecule has 7 heteroatoms. The van der Waals surface area contributed by atoms with Crippen molar-refractivity contribution < 1.29 is 13.6 Å². The molecule has 0 bridgehead atoms. The highest BCUT2D eigenvalue weighted by atomic mass is 32.2. The lowest BCUT2D eigenvalue weighted by atomic mass is 10.3. The summed E-state index contributed by atoms with van der Waals surface area (Å²) in [4.78, 5) is 15.7. The molecule has 100 valence electrons. The number of benzene rings is 1. The molecule has 0 aliphatic rings. The predicted octanol–water partition coefficient (Wildman–Crippen LogP) is 2.43. The van der Waals surface area contributed by atoms with Crippen molar-refractivity contribution in [1.29, 1.82) is 0 Å². The Bertz CT molecular complexity index is 600. The maximum atomic E-state index is 13.3. The van der Waals surface area contributed by atoms with E-state index in [4.69, 9.17) is 0 Å². The molecule has 0 radical (unpaired) electrons. The van der Waals surface area contributed by atoms with Gasteiger partial charge in [0.15, 0.2) is 5.16 Å². The highest BCUT2D eigenvalue weighted by Crippen LogP contribution is 2.17. The molecular weight excluding hydrogens is 272 g/mol. The monoisotopic (exact) mass is 283 g/mol. The molecule has 0 fully saturated rings. The number of carbonyl (C=O) groups is 1. The molecule has 1 N–H and O–H groups in total. The number of anilines is 1. The number of rotatable bonds is 4. The molecule has 0 unspecified atom stereocenters. The topological polar surface area (TPSA) is 46.9 Å². The van der Waals surface area contributed by atoms with E-state index < -0.39 is 11.6 Å². The lowest BCUT2D eigenvalue weighted by molar-refractivity contribution is -0.113. The highest BCUT2D eigenvalue weighted by Gasteiger charge is 2.09. The molecule has 2 aromatic rings. The van der Waals surface area contributed by atoms with E-state index >= 15 is 0 Å². The van der Waals surface area contributed by atoms with E-state index in [9.17, 15) is 13.6 Å². The molecule has 0 aliphatic carbocycles. The van der Waals surface area contributed by atoms with Gasteiger partial charge in [0.1, 0.15) is 11.6 Å². The minimum absolute atomic E-state index is 0.0353. The van der Waals surface area contributed by atoms with Crippen LogP contribution in [0.15, 0.2) is 35.7 Å². The Hall–Kier alpha value is -1.89. The summed E-state index contributed by atoms with van der Waals surface area (Å²) < 4.78 is 27.8. The third-order valence-electron chi connectivity index (χ3n) is 2.31. The molecule has 0 atom stereocenters. The lowest BCUT2D eigenvalue weighted by Gasteiger charge is -2.06. The molecule has 0 saturated carbocycles. The predicted molar refractivity (Wildman–Crippen MR) is 68.9 cm³/mol. The minimum Gasteiger partial charge on any atom is -0.329 e. The zero-order valence-corrected chi connectivity index (χ0v) is 10.9. The maximum Gasteiger partial charge on any atom is 0.234 e. The Balaban J connectivity index is 1.93. The second-order valence-corrected chi connectivity index (χ2v) is 4.72. The number of thioether (sulfide) groups is 1. The second kappa shape index (κ2) is 5.83. The highest BCUT2D eigenvalue weighted by molar-refractivity contribution is 7.99. The average molecular weight is 283 g/mol. The zero-order valence-electron chi connectivity index (χ0n) is 10.1. The minimum atomic E-state index is -0.796. The van der Waals surface area contributed by atoms with Gasteiger partial charge in [0.25, 0.3) is 0 Å². The first-order chi connectivity index (χ1) is 9.06. The van der Waals surface area contributed by atoms with Crippen LogP contribution >= 0.6 is 11.8 Å². The summed E-state index contributed by atoms with van der Waals surface area (Å²) in [5.41, 5.74) is -0.0353. The first-order valence-electron chi connectivity index (χ1n) is 5.41. The zero-order chi connectivity index (χ0) is 13.8. The Labute approximate surface area is 112 Å². The molecule has 0 spiro atoms. The van der Waals surface area contributed by atoms with Crippen LogP contribution in [-0.2, 0) is 11.8 Å². The quantitative estimate of drug-likeness (QED) is 0.877. The van der Waals surface area contributed by atoms with Gasteiger partial charge in [-0.25, -0.2) is 13.8 Å². The van der Waals surface area contributed by atoms with E-state index in [1.165, 1.54) is 17.8 Å². The van der Waals surface area contributed by atoms with Crippen molar-refractivity contribution in [3.8, 4) is 0 Å². The van der Waals surface area contributed by atoms with Gasteiger partial charge < -0.3 is 9.88 Å². The van der Waals surface area contributed by atoms with Gasteiger partial charge in [-0.15, -0.1) is 0 Å². The van der Waals surface area contributed by atoms with Gasteiger partial charge in [-0.3, -0.25) is 4.79 Å². The van der Waals surface area contributed by atoms with Crippen LogP contribution in [0.25, 0.3) is 0 Å². The number of halogens is 2. The number of imidazole rings is 1.